The number of aromatic hydroxyl groups is 1. The number of nitrogens with two attached hydrogens (primary N) is 1. The highest BCUT2D eigenvalue weighted by Crippen LogP contribution is 2.41. The number of primary sulfonamides is 1. The number of hydrogen-bond donors (Lipinski definition) is 2. The number of hydrogen-bond acceptors (Lipinski definition) is 6. The lowest BCUT2D eigenvalue weighted by molar-refractivity contribution is -0.385. The van der Waals surface area contributed by atoms with Gasteiger partial charge in [0.1, 0.15) is 0 Å². The molecule has 2 rings (SSSR count). The molecule has 1 amide bonds. The number of phenolic OH excluding ortho intramolecular Hbond substituents is 1. The number of amides is 1. The van der Waals surface area contributed by atoms with Crippen molar-refractivity contribution in [1.29, 1.82) is 0 Å². The van der Waals surface area contributed by atoms with E-state index in [9.17, 15) is 28.4 Å². The number of nitro groups is 1. The van der Waals surface area contributed by atoms with E-state index in [1.165, 1.54) is 6.07 Å². The Labute approximate surface area is 130 Å². The van der Waals surface area contributed by atoms with E-state index in [4.69, 9.17) is 16.7 Å². The van der Waals surface area contributed by atoms with Crippen molar-refractivity contribution < 1.29 is 23.2 Å². The van der Waals surface area contributed by atoms with Crippen molar-refractivity contribution in [1.82, 2.24) is 0 Å². The highest BCUT2D eigenvalue weighted by Gasteiger charge is 2.35. The molecule has 1 aliphatic rings. The summed E-state index contributed by atoms with van der Waals surface area (Å²) in [5.41, 5.74) is -0.758. The number of rotatable bonds is 4. The van der Waals surface area contributed by atoms with Crippen LogP contribution in [-0.4, -0.2) is 36.7 Å². The smallest absolute Gasteiger partial charge is 0.314 e. The fraction of sp³-hybridized carbons (Fsp3) is 0.364. The Kier molecular flexibility index (Phi) is 4.27. The molecule has 1 saturated heterocycles. The highest BCUT2D eigenvalue weighted by atomic mass is 35.5. The predicted molar refractivity (Wildman–Crippen MR) is 78.2 cm³/mol. The Morgan fingerprint density at radius 2 is 2.14 bits per heavy atom. The Morgan fingerprint density at radius 1 is 1.50 bits per heavy atom. The van der Waals surface area contributed by atoms with Crippen molar-refractivity contribution >= 4 is 38.9 Å². The van der Waals surface area contributed by atoms with E-state index < -0.39 is 44.0 Å². The van der Waals surface area contributed by atoms with Crippen LogP contribution in [0.15, 0.2) is 12.1 Å². The lowest BCUT2D eigenvalue weighted by atomic mass is 10.1. The van der Waals surface area contributed by atoms with Gasteiger partial charge >= 0.3 is 5.69 Å². The molecule has 0 saturated carbocycles. The SMILES string of the molecule is NS(=O)(=O)CC1CC(=O)N(c2cc(Cl)cc([N+](=O)[O-])c2O)C1. The average Bonchev–Trinajstić information content (AvgIpc) is 2.69. The summed E-state index contributed by atoms with van der Waals surface area (Å²) >= 11 is 5.77. The molecule has 1 aromatic carbocycles. The van der Waals surface area contributed by atoms with Crippen LogP contribution < -0.4 is 10.0 Å². The molecule has 1 heterocycles. The van der Waals surface area contributed by atoms with Crippen molar-refractivity contribution in [2.45, 2.75) is 6.42 Å². The summed E-state index contributed by atoms with van der Waals surface area (Å²) in [6.45, 7) is -0.0275. The number of phenols is 1. The summed E-state index contributed by atoms with van der Waals surface area (Å²) in [5.74, 6) is -2.11. The number of sulfonamides is 1. The zero-order valence-corrected chi connectivity index (χ0v) is 12.7. The molecule has 1 aromatic rings. The van der Waals surface area contributed by atoms with Crippen molar-refractivity contribution in [3.8, 4) is 5.75 Å². The first-order chi connectivity index (χ1) is 10.1. The number of carbonyl (C=O) groups is 1. The fourth-order valence-electron chi connectivity index (χ4n) is 2.37. The molecule has 0 radical (unpaired) electrons. The number of anilines is 1. The third-order valence-electron chi connectivity index (χ3n) is 3.20. The van der Waals surface area contributed by atoms with E-state index in [1.807, 2.05) is 0 Å². The first kappa shape index (κ1) is 16.5. The molecule has 1 atom stereocenters. The quantitative estimate of drug-likeness (QED) is 0.601. The van der Waals surface area contributed by atoms with Crippen LogP contribution in [0.1, 0.15) is 6.42 Å². The van der Waals surface area contributed by atoms with Gasteiger partial charge in [-0.15, -0.1) is 0 Å². The molecular formula is C11H12ClN3O6S. The van der Waals surface area contributed by atoms with Crippen LogP contribution in [-0.2, 0) is 14.8 Å². The number of halogens is 1. The Bertz CT molecular complexity index is 750. The minimum absolute atomic E-state index is 0.0257. The number of nitrogens with zero attached hydrogens (tertiary/aromatic N) is 2. The molecule has 11 heteroatoms. The standard InChI is InChI=1S/C11H12ClN3O6S/c12-7-2-8(11(17)9(3-7)15(18)19)14-4-6(1-10(14)16)5-22(13,20)21/h2-3,6,17H,1,4-5H2,(H2,13,20,21). The number of nitro benzene ring substituents is 1. The second kappa shape index (κ2) is 5.71. The molecule has 0 spiro atoms. The Morgan fingerprint density at radius 3 is 2.68 bits per heavy atom. The van der Waals surface area contributed by atoms with Gasteiger partial charge < -0.3 is 10.0 Å². The largest absolute Gasteiger partial charge is 0.501 e. The van der Waals surface area contributed by atoms with Crippen LogP contribution in [0.25, 0.3) is 0 Å². The first-order valence-corrected chi connectivity index (χ1v) is 8.15. The molecule has 1 aliphatic heterocycles. The van der Waals surface area contributed by atoms with Crippen molar-refractivity contribution in [2.24, 2.45) is 11.1 Å². The van der Waals surface area contributed by atoms with Crippen molar-refractivity contribution in [3.63, 3.8) is 0 Å². The minimum atomic E-state index is -3.75. The normalized spacial score (nSPS) is 18.7. The maximum Gasteiger partial charge on any atom is 0.314 e. The van der Waals surface area contributed by atoms with E-state index >= 15 is 0 Å². The van der Waals surface area contributed by atoms with Gasteiger partial charge in [0.05, 0.1) is 16.4 Å². The number of carbonyl (C=O) groups excluding carboxylic acids is 1. The molecular weight excluding hydrogens is 338 g/mol. The van der Waals surface area contributed by atoms with Gasteiger partial charge in [-0.25, -0.2) is 13.6 Å². The van der Waals surface area contributed by atoms with Crippen LogP contribution in [0.4, 0.5) is 11.4 Å². The van der Waals surface area contributed by atoms with E-state index in [0.717, 1.165) is 11.0 Å². The zero-order chi connectivity index (χ0) is 16.7. The Balaban J connectivity index is 2.37. The molecule has 1 fully saturated rings. The monoisotopic (exact) mass is 349 g/mol. The van der Waals surface area contributed by atoms with Gasteiger partial charge in [0.25, 0.3) is 0 Å². The molecule has 9 nitrogen and oxygen atoms in total. The lowest BCUT2D eigenvalue weighted by Gasteiger charge is -2.18. The van der Waals surface area contributed by atoms with Gasteiger partial charge in [-0.3, -0.25) is 14.9 Å². The van der Waals surface area contributed by atoms with Crippen LogP contribution >= 0.6 is 11.6 Å². The summed E-state index contributed by atoms with van der Waals surface area (Å²) in [6.07, 6.45) is -0.0871. The molecule has 22 heavy (non-hydrogen) atoms. The van der Waals surface area contributed by atoms with Gasteiger partial charge in [-0.2, -0.15) is 0 Å². The highest BCUT2D eigenvalue weighted by molar-refractivity contribution is 7.89. The van der Waals surface area contributed by atoms with E-state index in [2.05, 4.69) is 0 Å². The molecule has 0 aromatic heterocycles. The summed E-state index contributed by atoms with van der Waals surface area (Å²) in [7, 11) is -3.75. The summed E-state index contributed by atoms with van der Waals surface area (Å²) in [5, 5.41) is 25.7. The summed E-state index contributed by atoms with van der Waals surface area (Å²) < 4.78 is 22.2. The minimum Gasteiger partial charge on any atom is -0.501 e. The average molecular weight is 350 g/mol. The molecule has 3 N–H and O–H groups in total. The van der Waals surface area contributed by atoms with Gasteiger partial charge in [-0.05, 0) is 6.07 Å². The van der Waals surface area contributed by atoms with Crippen LogP contribution in [0.5, 0.6) is 5.75 Å². The van der Waals surface area contributed by atoms with Crippen molar-refractivity contribution in [3.05, 3.63) is 27.3 Å². The molecule has 120 valence electrons. The third kappa shape index (κ3) is 3.46. The zero-order valence-electron chi connectivity index (χ0n) is 11.1. The third-order valence-corrected chi connectivity index (χ3v) is 4.35. The lowest BCUT2D eigenvalue weighted by Crippen LogP contribution is -2.27. The summed E-state index contributed by atoms with van der Waals surface area (Å²) in [4.78, 5) is 23.1. The van der Waals surface area contributed by atoms with Crippen LogP contribution in [0.3, 0.4) is 0 Å². The van der Waals surface area contributed by atoms with E-state index in [-0.39, 0.29) is 23.7 Å². The second-order valence-electron chi connectivity index (χ2n) is 4.95. The first-order valence-electron chi connectivity index (χ1n) is 6.06. The Hall–Kier alpha value is -1.91. The number of benzene rings is 1. The van der Waals surface area contributed by atoms with Gasteiger partial charge in [0, 0.05) is 30.0 Å². The van der Waals surface area contributed by atoms with Crippen molar-refractivity contribution in [2.75, 3.05) is 17.2 Å². The topological polar surface area (TPSA) is 144 Å². The summed E-state index contributed by atoms with van der Waals surface area (Å²) in [6, 6.07) is 2.17. The molecule has 1 unspecified atom stereocenters. The van der Waals surface area contributed by atoms with Gasteiger partial charge in [0.2, 0.25) is 21.7 Å². The molecule has 0 bridgehead atoms. The van der Waals surface area contributed by atoms with E-state index in [0.29, 0.717) is 0 Å². The maximum atomic E-state index is 12.0. The second-order valence-corrected chi connectivity index (χ2v) is 7.05. The van der Waals surface area contributed by atoms with Gasteiger partial charge in [-0.1, -0.05) is 11.6 Å². The predicted octanol–water partition coefficient (Wildman–Crippen LogP) is 0.595. The maximum absolute atomic E-state index is 12.0. The fourth-order valence-corrected chi connectivity index (χ4v) is 3.46. The van der Waals surface area contributed by atoms with Gasteiger partial charge in [0.15, 0.2) is 0 Å². The molecule has 0 aliphatic carbocycles. The van der Waals surface area contributed by atoms with Crippen LogP contribution in [0, 0.1) is 16.0 Å². The van der Waals surface area contributed by atoms with Crippen LogP contribution in [0.2, 0.25) is 5.02 Å². The van der Waals surface area contributed by atoms with E-state index in [1.54, 1.807) is 0 Å².